The number of urea groups is 1. The number of carbonyl (C=O) groups excluding carboxylic acids is 1. The van der Waals surface area contributed by atoms with Gasteiger partial charge in [0.25, 0.3) is 0 Å². The Balaban J connectivity index is 1.78. The predicted molar refractivity (Wildman–Crippen MR) is 76.5 cm³/mol. The average Bonchev–Trinajstić information content (AvgIpc) is 2.86. The van der Waals surface area contributed by atoms with Gasteiger partial charge in [-0.15, -0.1) is 0 Å². The molecule has 0 bridgehead atoms. The van der Waals surface area contributed by atoms with Crippen LogP contribution in [0.5, 0.6) is 0 Å². The van der Waals surface area contributed by atoms with Crippen LogP contribution in [0.25, 0.3) is 0 Å². The molecule has 0 spiro atoms. The van der Waals surface area contributed by atoms with E-state index < -0.39 is 11.5 Å². The summed E-state index contributed by atoms with van der Waals surface area (Å²) in [5.74, 6) is 0.365. The fourth-order valence-electron chi connectivity index (χ4n) is 3.61. The third kappa shape index (κ3) is 3.64. The highest BCUT2D eigenvalue weighted by molar-refractivity contribution is 5.86. The maximum Gasteiger partial charge on any atom is 0.329 e. The van der Waals surface area contributed by atoms with E-state index in [2.05, 4.69) is 17.6 Å². The van der Waals surface area contributed by atoms with Gasteiger partial charge >= 0.3 is 12.0 Å². The largest absolute Gasteiger partial charge is 0.480 e. The number of nitrogens with one attached hydrogen (secondary N) is 2. The van der Waals surface area contributed by atoms with Gasteiger partial charge in [0.05, 0.1) is 0 Å². The first-order valence-corrected chi connectivity index (χ1v) is 7.81. The SMILES string of the molecule is CC1CCCC(CNC(=O)NC2(C(=O)O)CCCC2)C1. The molecule has 2 fully saturated rings. The van der Waals surface area contributed by atoms with Gasteiger partial charge in [-0.1, -0.05) is 32.6 Å². The third-order valence-corrected chi connectivity index (χ3v) is 4.82. The van der Waals surface area contributed by atoms with Crippen LogP contribution in [0, 0.1) is 11.8 Å². The van der Waals surface area contributed by atoms with E-state index in [4.69, 9.17) is 0 Å². The normalized spacial score (nSPS) is 28.9. The Morgan fingerprint density at radius 3 is 2.50 bits per heavy atom. The zero-order valence-electron chi connectivity index (χ0n) is 12.3. The first-order valence-electron chi connectivity index (χ1n) is 7.81. The molecule has 2 saturated carbocycles. The van der Waals surface area contributed by atoms with E-state index in [1.165, 1.54) is 12.8 Å². The van der Waals surface area contributed by atoms with E-state index in [-0.39, 0.29) is 6.03 Å². The van der Waals surface area contributed by atoms with Gasteiger partial charge in [0, 0.05) is 6.54 Å². The molecular formula is C15H26N2O3. The van der Waals surface area contributed by atoms with E-state index in [0.717, 1.165) is 31.6 Å². The van der Waals surface area contributed by atoms with E-state index in [1.807, 2.05) is 0 Å². The molecule has 3 N–H and O–H groups in total. The summed E-state index contributed by atoms with van der Waals surface area (Å²) in [6.07, 6.45) is 7.64. The molecule has 2 aliphatic rings. The number of hydrogen-bond donors (Lipinski definition) is 3. The van der Waals surface area contributed by atoms with E-state index >= 15 is 0 Å². The minimum absolute atomic E-state index is 0.326. The minimum Gasteiger partial charge on any atom is -0.480 e. The molecule has 0 aromatic heterocycles. The van der Waals surface area contributed by atoms with Crippen molar-refractivity contribution in [2.75, 3.05) is 6.54 Å². The summed E-state index contributed by atoms with van der Waals surface area (Å²) in [5, 5.41) is 14.9. The van der Waals surface area contributed by atoms with Gasteiger partial charge in [-0.2, -0.15) is 0 Å². The Labute approximate surface area is 120 Å². The molecule has 5 nitrogen and oxygen atoms in total. The summed E-state index contributed by atoms with van der Waals surface area (Å²) in [4.78, 5) is 23.3. The van der Waals surface area contributed by atoms with Crippen molar-refractivity contribution in [3.63, 3.8) is 0 Å². The fraction of sp³-hybridized carbons (Fsp3) is 0.867. The van der Waals surface area contributed by atoms with Crippen LogP contribution < -0.4 is 10.6 Å². The van der Waals surface area contributed by atoms with Crippen molar-refractivity contribution in [2.24, 2.45) is 11.8 Å². The lowest BCUT2D eigenvalue weighted by molar-refractivity contribution is -0.144. The minimum atomic E-state index is -1.04. The predicted octanol–water partition coefficient (Wildman–Crippen LogP) is 2.51. The van der Waals surface area contributed by atoms with Crippen LogP contribution in [-0.4, -0.2) is 29.2 Å². The number of amides is 2. The summed E-state index contributed by atoms with van der Waals surface area (Å²) in [6, 6.07) is -0.326. The Bertz CT molecular complexity index is 364. The Kier molecular flexibility index (Phi) is 4.89. The maximum atomic E-state index is 11.9. The second-order valence-electron chi connectivity index (χ2n) is 6.57. The van der Waals surface area contributed by atoms with Crippen LogP contribution in [0.3, 0.4) is 0 Å². The standard InChI is InChI=1S/C15H26N2O3/c1-11-5-4-6-12(9-11)10-16-14(20)17-15(13(18)19)7-2-3-8-15/h11-12H,2-10H2,1H3,(H,18,19)(H2,16,17,20). The van der Waals surface area contributed by atoms with Crippen LogP contribution >= 0.6 is 0 Å². The Morgan fingerprint density at radius 1 is 1.20 bits per heavy atom. The van der Waals surface area contributed by atoms with Gasteiger partial charge in [-0.25, -0.2) is 9.59 Å². The lowest BCUT2D eigenvalue weighted by Crippen LogP contribution is -2.56. The maximum absolute atomic E-state index is 11.9. The van der Waals surface area contributed by atoms with Crippen molar-refractivity contribution in [2.45, 2.75) is 63.8 Å². The third-order valence-electron chi connectivity index (χ3n) is 4.82. The molecule has 20 heavy (non-hydrogen) atoms. The van der Waals surface area contributed by atoms with Crippen molar-refractivity contribution in [3.05, 3.63) is 0 Å². The zero-order valence-corrected chi connectivity index (χ0v) is 12.3. The molecule has 114 valence electrons. The molecule has 2 amide bonds. The lowest BCUT2D eigenvalue weighted by atomic mass is 9.82. The second kappa shape index (κ2) is 6.46. The van der Waals surface area contributed by atoms with Crippen molar-refractivity contribution >= 4 is 12.0 Å². The summed E-state index contributed by atoms with van der Waals surface area (Å²) in [7, 11) is 0. The van der Waals surface area contributed by atoms with Crippen LogP contribution in [0.4, 0.5) is 4.79 Å². The van der Waals surface area contributed by atoms with E-state index in [9.17, 15) is 14.7 Å². The molecule has 0 aromatic carbocycles. The monoisotopic (exact) mass is 282 g/mol. The summed E-state index contributed by atoms with van der Waals surface area (Å²) >= 11 is 0. The molecule has 0 aromatic rings. The Morgan fingerprint density at radius 2 is 1.90 bits per heavy atom. The summed E-state index contributed by atoms with van der Waals surface area (Å²) in [6.45, 7) is 2.91. The van der Waals surface area contributed by atoms with Crippen molar-refractivity contribution in [1.29, 1.82) is 0 Å². The van der Waals surface area contributed by atoms with E-state index in [0.29, 0.717) is 25.3 Å². The van der Waals surface area contributed by atoms with Gasteiger partial charge in [0.1, 0.15) is 5.54 Å². The van der Waals surface area contributed by atoms with Crippen LogP contribution in [0.1, 0.15) is 58.3 Å². The number of carbonyl (C=O) groups is 2. The van der Waals surface area contributed by atoms with Crippen molar-refractivity contribution in [1.82, 2.24) is 10.6 Å². The molecule has 2 unspecified atom stereocenters. The summed E-state index contributed by atoms with van der Waals surface area (Å²) < 4.78 is 0. The molecule has 2 rings (SSSR count). The highest BCUT2D eigenvalue weighted by atomic mass is 16.4. The Hall–Kier alpha value is -1.26. The van der Waals surface area contributed by atoms with Gasteiger partial charge in [-0.05, 0) is 37.5 Å². The smallest absolute Gasteiger partial charge is 0.329 e. The number of rotatable bonds is 4. The average molecular weight is 282 g/mol. The second-order valence-corrected chi connectivity index (χ2v) is 6.57. The zero-order chi connectivity index (χ0) is 14.6. The number of aliphatic carboxylic acids is 1. The van der Waals surface area contributed by atoms with E-state index in [1.54, 1.807) is 0 Å². The molecule has 0 heterocycles. The molecule has 0 aliphatic heterocycles. The van der Waals surface area contributed by atoms with Crippen molar-refractivity contribution < 1.29 is 14.7 Å². The lowest BCUT2D eigenvalue weighted by Gasteiger charge is -2.28. The molecule has 2 atom stereocenters. The van der Waals surface area contributed by atoms with Gasteiger partial charge in [0.2, 0.25) is 0 Å². The number of hydrogen-bond acceptors (Lipinski definition) is 2. The first-order chi connectivity index (χ1) is 9.52. The van der Waals surface area contributed by atoms with Gasteiger partial charge in [-0.3, -0.25) is 0 Å². The van der Waals surface area contributed by atoms with Crippen LogP contribution in [0.15, 0.2) is 0 Å². The molecular weight excluding hydrogens is 256 g/mol. The fourth-order valence-corrected chi connectivity index (χ4v) is 3.61. The molecule has 2 aliphatic carbocycles. The van der Waals surface area contributed by atoms with Crippen LogP contribution in [0.2, 0.25) is 0 Å². The highest BCUT2D eigenvalue weighted by Gasteiger charge is 2.42. The van der Waals surface area contributed by atoms with Crippen molar-refractivity contribution in [3.8, 4) is 0 Å². The highest BCUT2D eigenvalue weighted by Crippen LogP contribution is 2.30. The van der Waals surface area contributed by atoms with Crippen LogP contribution in [-0.2, 0) is 4.79 Å². The first kappa shape index (κ1) is 15.1. The molecule has 0 saturated heterocycles. The number of carboxylic acid groups (broad SMARTS) is 1. The molecule has 5 heteroatoms. The molecule has 0 radical (unpaired) electrons. The number of carboxylic acids is 1. The summed E-state index contributed by atoms with van der Waals surface area (Å²) in [5.41, 5.74) is -1.04. The quantitative estimate of drug-likeness (QED) is 0.741. The topological polar surface area (TPSA) is 78.4 Å². The van der Waals surface area contributed by atoms with Gasteiger partial charge in [0.15, 0.2) is 0 Å². The van der Waals surface area contributed by atoms with Gasteiger partial charge < -0.3 is 15.7 Å².